The lowest BCUT2D eigenvalue weighted by Gasteiger charge is -2.24. The molecule has 74 valence electrons. The zero-order chi connectivity index (χ0) is 10.6. The highest BCUT2D eigenvalue weighted by molar-refractivity contribution is 5.34. The molecule has 1 aromatic carbocycles. The monoisotopic (exact) mass is 192 g/mol. The SMILES string of the molecule is N#Cc1ccc(C(N)(CO)CO)cc1. The molecule has 0 atom stereocenters. The van der Waals surface area contributed by atoms with Crippen LogP contribution < -0.4 is 5.73 Å². The van der Waals surface area contributed by atoms with Crippen LogP contribution in [0.25, 0.3) is 0 Å². The topological polar surface area (TPSA) is 90.3 Å². The van der Waals surface area contributed by atoms with Gasteiger partial charge in [0.15, 0.2) is 0 Å². The van der Waals surface area contributed by atoms with Crippen molar-refractivity contribution in [2.45, 2.75) is 5.54 Å². The van der Waals surface area contributed by atoms with Crippen molar-refractivity contribution in [2.24, 2.45) is 5.73 Å². The van der Waals surface area contributed by atoms with E-state index in [1.165, 1.54) is 0 Å². The molecule has 0 spiro atoms. The van der Waals surface area contributed by atoms with Gasteiger partial charge in [-0.15, -0.1) is 0 Å². The van der Waals surface area contributed by atoms with Crippen molar-refractivity contribution in [1.29, 1.82) is 5.26 Å². The van der Waals surface area contributed by atoms with Gasteiger partial charge in [-0.25, -0.2) is 0 Å². The molecule has 0 heterocycles. The van der Waals surface area contributed by atoms with Gasteiger partial charge in [-0.05, 0) is 17.7 Å². The Morgan fingerprint density at radius 3 is 2.07 bits per heavy atom. The highest BCUT2D eigenvalue weighted by atomic mass is 16.3. The van der Waals surface area contributed by atoms with Crippen LogP contribution in [0.15, 0.2) is 24.3 Å². The minimum absolute atomic E-state index is 0.338. The summed E-state index contributed by atoms with van der Waals surface area (Å²) in [6, 6.07) is 8.43. The summed E-state index contributed by atoms with van der Waals surface area (Å²) in [5.41, 5.74) is 5.73. The van der Waals surface area contributed by atoms with Crippen LogP contribution in [0.5, 0.6) is 0 Å². The highest BCUT2D eigenvalue weighted by Crippen LogP contribution is 2.17. The minimum atomic E-state index is -1.13. The largest absolute Gasteiger partial charge is 0.394 e. The average molecular weight is 192 g/mol. The first kappa shape index (κ1) is 10.7. The van der Waals surface area contributed by atoms with Gasteiger partial charge in [0.05, 0.1) is 30.4 Å². The summed E-state index contributed by atoms with van der Waals surface area (Å²) in [5, 5.41) is 26.6. The molecule has 0 amide bonds. The van der Waals surface area contributed by atoms with Crippen molar-refractivity contribution < 1.29 is 10.2 Å². The number of nitrogens with two attached hydrogens (primary N) is 1. The van der Waals surface area contributed by atoms with E-state index in [-0.39, 0.29) is 13.2 Å². The number of hydrogen-bond donors (Lipinski definition) is 3. The van der Waals surface area contributed by atoms with E-state index in [2.05, 4.69) is 0 Å². The number of benzene rings is 1. The van der Waals surface area contributed by atoms with Crippen LogP contribution in [-0.4, -0.2) is 23.4 Å². The van der Waals surface area contributed by atoms with E-state index in [9.17, 15) is 0 Å². The summed E-state index contributed by atoms with van der Waals surface area (Å²) in [6.07, 6.45) is 0. The van der Waals surface area contributed by atoms with Gasteiger partial charge in [0.25, 0.3) is 0 Å². The first-order chi connectivity index (χ1) is 6.66. The second-order valence-corrected chi connectivity index (χ2v) is 3.16. The van der Waals surface area contributed by atoms with Gasteiger partial charge in [-0.1, -0.05) is 12.1 Å². The summed E-state index contributed by atoms with van der Waals surface area (Å²) >= 11 is 0. The molecule has 4 heteroatoms. The quantitative estimate of drug-likeness (QED) is 0.613. The first-order valence-corrected chi connectivity index (χ1v) is 4.17. The molecule has 0 aliphatic rings. The number of aliphatic hydroxyl groups is 2. The lowest BCUT2D eigenvalue weighted by atomic mass is 9.92. The molecule has 0 fully saturated rings. The Bertz CT molecular complexity index is 336. The highest BCUT2D eigenvalue weighted by Gasteiger charge is 2.25. The van der Waals surface area contributed by atoms with Gasteiger partial charge >= 0.3 is 0 Å². The smallest absolute Gasteiger partial charge is 0.0991 e. The predicted octanol–water partition coefficient (Wildman–Crippen LogP) is -0.303. The molecular formula is C10H12N2O2. The molecule has 0 saturated carbocycles. The van der Waals surface area contributed by atoms with E-state index in [0.717, 1.165) is 0 Å². The van der Waals surface area contributed by atoms with Gasteiger partial charge in [0.2, 0.25) is 0 Å². The van der Waals surface area contributed by atoms with E-state index >= 15 is 0 Å². The molecular weight excluding hydrogens is 180 g/mol. The van der Waals surface area contributed by atoms with Crippen LogP contribution in [0.3, 0.4) is 0 Å². The number of nitrogens with zero attached hydrogens (tertiary/aromatic N) is 1. The number of rotatable bonds is 3. The molecule has 4 N–H and O–H groups in total. The average Bonchev–Trinajstić information content (AvgIpc) is 2.28. The van der Waals surface area contributed by atoms with Crippen LogP contribution >= 0.6 is 0 Å². The Balaban J connectivity index is 3.02. The van der Waals surface area contributed by atoms with Crippen LogP contribution in [0.2, 0.25) is 0 Å². The Morgan fingerprint density at radius 2 is 1.71 bits per heavy atom. The van der Waals surface area contributed by atoms with Crippen LogP contribution in [-0.2, 0) is 5.54 Å². The molecule has 0 saturated heterocycles. The van der Waals surface area contributed by atoms with Crippen molar-refractivity contribution in [3.63, 3.8) is 0 Å². The number of aliphatic hydroxyl groups excluding tert-OH is 2. The number of nitriles is 1. The first-order valence-electron chi connectivity index (χ1n) is 4.17. The molecule has 0 unspecified atom stereocenters. The summed E-state index contributed by atoms with van der Waals surface area (Å²) < 4.78 is 0. The lowest BCUT2D eigenvalue weighted by molar-refractivity contribution is 0.121. The molecule has 4 nitrogen and oxygen atoms in total. The van der Waals surface area contributed by atoms with Crippen LogP contribution in [0, 0.1) is 11.3 Å². The van der Waals surface area contributed by atoms with E-state index in [1.807, 2.05) is 6.07 Å². The third-order valence-corrected chi connectivity index (χ3v) is 2.15. The van der Waals surface area contributed by atoms with E-state index in [0.29, 0.717) is 11.1 Å². The van der Waals surface area contributed by atoms with Gasteiger partial charge in [-0.2, -0.15) is 5.26 Å². The fraction of sp³-hybridized carbons (Fsp3) is 0.300. The van der Waals surface area contributed by atoms with E-state index in [4.69, 9.17) is 21.2 Å². The molecule has 0 aromatic heterocycles. The van der Waals surface area contributed by atoms with Crippen molar-refractivity contribution in [1.82, 2.24) is 0 Å². The fourth-order valence-corrected chi connectivity index (χ4v) is 1.11. The molecule has 0 bridgehead atoms. The standard InChI is InChI=1S/C10H12N2O2/c11-5-8-1-3-9(4-2-8)10(12,6-13)7-14/h1-4,13-14H,6-7,12H2. The molecule has 0 radical (unpaired) electrons. The molecule has 1 aromatic rings. The second kappa shape index (κ2) is 4.20. The van der Waals surface area contributed by atoms with Crippen molar-refractivity contribution in [2.75, 3.05) is 13.2 Å². The minimum Gasteiger partial charge on any atom is -0.394 e. The zero-order valence-corrected chi connectivity index (χ0v) is 7.64. The summed E-state index contributed by atoms with van der Waals surface area (Å²) in [5.74, 6) is 0. The number of hydrogen-bond acceptors (Lipinski definition) is 4. The maximum absolute atomic E-state index is 9.02. The Morgan fingerprint density at radius 1 is 1.21 bits per heavy atom. The molecule has 1 rings (SSSR count). The van der Waals surface area contributed by atoms with Crippen LogP contribution in [0.4, 0.5) is 0 Å². The van der Waals surface area contributed by atoms with Crippen molar-refractivity contribution in [3.8, 4) is 6.07 Å². The Hall–Kier alpha value is -1.41. The Kier molecular flexibility index (Phi) is 3.20. The third-order valence-electron chi connectivity index (χ3n) is 2.15. The van der Waals surface area contributed by atoms with Gasteiger partial charge in [0, 0.05) is 0 Å². The summed E-state index contributed by atoms with van der Waals surface area (Å²) in [6.45, 7) is -0.676. The summed E-state index contributed by atoms with van der Waals surface area (Å²) in [4.78, 5) is 0. The third kappa shape index (κ3) is 1.91. The van der Waals surface area contributed by atoms with Crippen molar-refractivity contribution >= 4 is 0 Å². The zero-order valence-electron chi connectivity index (χ0n) is 7.64. The van der Waals surface area contributed by atoms with Gasteiger partial charge in [-0.3, -0.25) is 0 Å². The normalized spacial score (nSPS) is 11.0. The molecule has 0 aliphatic carbocycles. The predicted molar refractivity (Wildman–Crippen MR) is 51.2 cm³/mol. The van der Waals surface area contributed by atoms with Gasteiger partial charge < -0.3 is 15.9 Å². The Labute approximate surface area is 82.2 Å². The molecule has 14 heavy (non-hydrogen) atoms. The van der Waals surface area contributed by atoms with E-state index in [1.54, 1.807) is 24.3 Å². The fourth-order valence-electron chi connectivity index (χ4n) is 1.11. The second-order valence-electron chi connectivity index (χ2n) is 3.16. The van der Waals surface area contributed by atoms with Crippen LogP contribution in [0.1, 0.15) is 11.1 Å². The maximum Gasteiger partial charge on any atom is 0.0991 e. The maximum atomic E-state index is 9.02. The van der Waals surface area contributed by atoms with Crippen molar-refractivity contribution in [3.05, 3.63) is 35.4 Å². The molecule has 0 aliphatic heterocycles. The van der Waals surface area contributed by atoms with E-state index < -0.39 is 5.54 Å². The lowest BCUT2D eigenvalue weighted by Crippen LogP contribution is -2.44. The van der Waals surface area contributed by atoms with Gasteiger partial charge in [0.1, 0.15) is 0 Å². The summed E-state index contributed by atoms with van der Waals surface area (Å²) in [7, 11) is 0.